The number of nitrogen functional groups attached to an aromatic ring is 1. The molecule has 0 saturated heterocycles. The van der Waals surface area contributed by atoms with Crippen LogP contribution in [0.2, 0.25) is 0 Å². The lowest BCUT2D eigenvalue weighted by molar-refractivity contribution is 0.836. The minimum atomic E-state index is 0.343. The molecule has 0 bridgehead atoms. The molecule has 0 aliphatic rings. The molecule has 0 aliphatic heterocycles. The first-order valence-electron chi connectivity index (χ1n) is 5.12. The van der Waals surface area contributed by atoms with E-state index in [9.17, 15) is 0 Å². The van der Waals surface area contributed by atoms with E-state index >= 15 is 0 Å². The topological polar surface area (TPSA) is 64.7 Å². The molecule has 16 heavy (non-hydrogen) atoms. The van der Waals surface area contributed by atoms with Crippen molar-refractivity contribution in [1.29, 1.82) is 0 Å². The van der Waals surface area contributed by atoms with Gasteiger partial charge in [0.25, 0.3) is 0 Å². The number of rotatable bonds is 2. The van der Waals surface area contributed by atoms with E-state index in [0.717, 1.165) is 16.1 Å². The van der Waals surface area contributed by atoms with Gasteiger partial charge in [0.15, 0.2) is 5.82 Å². The maximum absolute atomic E-state index is 5.96. The van der Waals surface area contributed by atoms with Crippen LogP contribution in [-0.4, -0.2) is 15.0 Å². The van der Waals surface area contributed by atoms with Gasteiger partial charge in [0.2, 0.25) is 0 Å². The zero-order chi connectivity index (χ0) is 11.7. The van der Waals surface area contributed by atoms with E-state index in [0.29, 0.717) is 17.6 Å². The lowest BCUT2D eigenvalue weighted by Crippen LogP contribution is -2.06. The summed E-state index contributed by atoms with van der Waals surface area (Å²) in [5, 5.41) is 0. The summed E-state index contributed by atoms with van der Waals surface area (Å²) in [5.41, 5.74) is 9.71. The van der Waals surface area contributed by atoms with Gasteiger partial charge in [-0.05, 0) is 12.8 Å². The maximum atomic E-state index is 5.96. The number of aryl methyl sites for hydroxylation is 1. The number of hydrogen-bond acceptors (Lipinski definition) is 5. The van der Waals surface area contributed by atoms with Gasteiger partial charge in [0.1, 0.15) is 5.82 Å². The second-order valence-corrected chi connectivity index (χ2v) is 4.84. The van der Waals surface area contributed by atoms with Crippen LogP contribution in [0.4, 0.5) is 5.82 Å². The molecule has 0 radical (unpaired) electrons. The van der Waals surface area contributed by atoms with Crippen LogP contribution in [0.5, 0.6) is 0 Å². The molecule has 2 aromatic heterocycles. The van der Waals surface area contributed by atoms with Crippen LogP contribution in [0.1, 0.15) is 31.0 Å². The number of anilines is 1. The average molecular weight is 234 g/mol. The Balaban J connectivity index is 2.53. The molecule has 0 spiro atoms. The minimum Gasteiger partial charge on any atom is -0.383 e. The molecule has 84 valence electrons. The molecule has 0 aromatic carbocycles. The molecule has 0 fully saturated rings. The predicted molar refractivity (Wildman–Crippen MR) is 66.4 cm³/mol. The molecule has 2 heterocycles. The fourth-order valence-electron chi connectivity index (χ4n) is 1.75. The third-order valence-electron chi connectivity index (χ3n) is 2.40. The number of nitrogens with zero attached hydrogens (tertiary/aromatic N) is 3. The highest BCUT2D eigenvalue weighted by Gasteiger charge is 2.13. The molecule has 4 nitrogen and oxygen atoms in total. The molecule has 0 atom stereocenters. The van der Waals surface area contributed by atoms with Crippen molar-refractivity contribution in [3.8, 4) is 10.7 Å². The van der Waals surface area contributed by atoms with Crippen LogP contribution in [0, 0.1) is 6.92 Å². The van der Waals surface area contributed by atoms with Gasteiger partial charge in [-0.3, -0.25) is 4.98 Å². The number of aromatic nitrogens is 3. The fraction of sp³-hybridized carbons (Fsp3) is 0.364. The summed E-state index contributed by atoms with van der Waals surface area (Å²) in [6, 6.07) is 0. The predicted octanol–water partition coefficient (Wildman–Crippen LogP) is 2.61. The second kappa shape index (κ2) is 4.17. The van der Waals surface area contributed by atoms with E-state index in [-0.39, 0.29) is 0 Å². The van der Waals surface area contributed by atoms with Crippen molar-refractivity contribution in [3.63, 3.8) is 0 Å². The molecule has 2 rings (SSSR count). The largest absolute Gasteiger partial charge is 0.383 e. The van der Waals surface area contributed by atoms with E-state index in [1.807, 2.05) is 6.92 Å². The Bertz CT molecular complexity index is 468. The third kappa shape index (κ3) is 1.90. The molecule has 5 heteroatoms. The molecule has 2 N–H and O–H groups in total. The van der Waals surface area contributed by atoms with E-state index in [1.54, 1.807) is 11.7 Å². The molecular formula is C11H14N4S. The number of nitrogens with two attached hydrogens (primary N) is 1. The Morgan fingerprint density at radius 3 is 2.56 bits per heavy atom. The van der Waals surface area contributed by atoms with E-state index in [2.05, 4.69) is 28.8 Å². The van der Waals surface area contributed by atoms with Gasteiger partial charge >= 0.3 is 0 Å². The first-order chi connectivity index (χ1) is 7.59. The molecule has 0 amide bonds. The quantitative estimate of drug-likeness (QED) is 0.867. The first kappa shape index (κ1) is 11.0. The standard InChI is InChI=1S/C11H14N4S/c1-6(2)9-7(3)14-11(15-10(9)12)8-4-13-5-16-8/h4-6H,1-3H3,(H2,12,14,15). The fourth-order valence-corrected chi connectivity index (χ4v) is 2.31. The molecular weight excluding hydrogens is 220 g/mol. The number of hydrogen-bond donors (Lipinski definition) is 1. The van der Waals surface area contributed by atoms with E-state index in [1.165, 1.54) is 11.3 Å². The highest BCUT2D eigenvalue weighted by molar-refractivity contribution is 7.13. The van der Waals surface area contributed by atoms with Crippen LogP contribution in [0.3, 0.4) is 0 Å². The smallest absolute Gasteiger partial charge is 0.173 e. The summed E-state index contributed by atoms with van der Waals surface area (Å²) in [7, 11) is 0. The van der Waals surface area contributed by atoms with Crippen molar-refractivity contribution >= 4 is 17.2 Å². The number of thiazole rings is 1. The first-order valence-corrected chi connectivity index (χ1v) is 6.00. The maximum Gasteiger partial charge on any atom is 0.173 e. The Morgan fingerprint density at radius 2 is 2.06 bits per heavy atom. The third-order valence-corrected chi connectivity index (χ3v) is 3.16. The van der Waals surface area contributed by atoms with Crippen molar-refractivity contribution in [3.05, 3.63) is 23.0 Å². The van der Waals surface area contributed by atoms with Gasteiger partial charge < -0.3 is 5.73 Å². The van der Waals surface area contributed by atoms with Crippen molar-refractivity contribution in [1.82, 2.24) is 15.0 Å². The zero-order valence-corrected chi connectivity index (χ0v) is 10.4. The van der Waals surface area contributed by atoms with Gasteiger partial charge in [-0.2, -0.15) is 0 Å². The normalized spacial score (nSPS) is 11.0. The molecule has 0 saturated carbocycles. The van der Waals surface area contributed by atoms with E-state index < -0.39 is 0 Å². The molecule has 2 aromatic rings. The zero-order valence-electron chi connectivity index (χ0n) is 9.56. The Morgan fingerprint density at radius 1 is 1.31 bits per heavy atom. The van der Waals surface area contributed by atoms with Crippen molar-refractivity contribution in [2.75, 3.05) is 5.73 Å². The van der Waals surface area contributed by atoms with Crippen LogP contribution < -0.4 is 5.73 Å². The summed E-state index contributed by atoms with van der Waals surface area (Å²) in [4.78, 5) is 13.8. The summed E-state index contributed by atoms with van der Waals surface area (Å²) in [5.74, 6) is 1.59. The summed E-state index contributed by atoms with van der Waals surface area (Å²) in [6.07, 6.45) is 1.76. The Labute approximate surface area is 98.6 Å². The van der Waals surface area contributed by atoms with Crippen LogP contribution in [0.25, 0.3) is 10.7 Å². The highest BCUT2D eigenvalue weighted by Crippen LogP contribution is 2.27. The monoisotopic (exact) mass is 234 g/mol. The summed E-state index contributed by atoms with van der Waals surface area (Å²) < 4.78 is 0. The summed E-state index contributed by atoms with van der Waals surface area (Å²) >= 11 is 1.52. The average Bonchev–Trinajstić information content (AvgIpc) is 2.67. The lowest BCUT2D eigenvalue weighted by Gasteiger charge is -2.12. The van der Waals surface area contributed by atoms with E-state index in [4.69, 9.17) is 5.73 Å². The highest BCUT2D eigenvalue weighted by atomic mass is 32.1. The van der Waals surface area contributed by atoms with Crippen molar-refractivity contribution in [2.45, 2.75) is 26.7 Å². The lowest BCUT2D eigenvalue weighted by atomic mass is 10.0. The van der Waals surface area contributed by atoms with Crippen LogP contribution >= 0.6 is 11.3 Å². The van der Waals surface area contributed by atoms with Gasteiger partial charge in [-0.15, -0.1) is 11.3 Å². The summed E-state index contributed by atoms with van der Waals surface area (Å²) in [6.45, 7) is 6.15. The minimum absolute atomic E-state index is 0.343. The van der Waals surface area contributed by atoms with Crippen molar-refractivity contribution in [2.24, 2.45) is 0 Å². The van der Waals surface area contributed by atoms with Gasteiger partial charge in [-0.1, -0.05) is 13.8 Å². The molecule has 0 unspecified atom stereocenters. The Hall–Kier alpha value is -1.49. The SMILES string of the molecule is Cc1nc(-c2cncs2)nc(N)c1C(C)C. The van der Waals surface area contributed by atoms with Crippen LogP contribution in [-0.2, 0) is 0 Å². The van der Waals surface area contributed by atoms with Gasteiger partial charge in [-0.25, -0.2) is 9.97 Å². The van der Waals surface area contributed by atoms with Crippen molar-refractivity contribution < 1.29 is 0 Å². The van der Waals surface area contributed by atoms with Gasteiger partial charge in [0.05, 0.1) is 10.4 Å². The van der Waals surface area contributed by atoms with Crippen LogP contribution in [0.15, 0.2) is 11.7 Å². The molecule has 0 aliphatic carbocycles. The van der Waals surface area contributed by atoms with Gasteiger partial charge in [0, 0.05) is 17.5 Å². The Kier molecular flexibility index (Phi) is 2.87. The second-order valence-electron chi connectivity index (χ2n) is 3.95.